The maximum Gasteiger partial charge on any atom is 0.235 e. The summed E-state index contributed by atoms with van der Waals surface area (Å²) < 4.78 is 21.8. The van der Waals surface area contributed by atoms with Crippen LogP contribution >= 0.6 is 11.3 Å². The number of hydrogen-bond acceptors (Lipinski definition) is 5. The Morgan fingerprint density at radius 2 is 2.28 bits per heavy atom. The molecule has 98 valence electrons. The molecule has 0 fully saturated rings. The second-order valence-corrected chi connectivity index (χ2v) is 6.71. The zero-order valence-electron chi connectivity index (χ0n) is 9.76. The van der Waals surface area contributed by atoms with E-state index in [1.54, 1.807) is 6.07 Å². The van der Waals surface area contributed by atoms with Gasteiger partial charge in [0.2, 0.25) is 5.91 Å². The Morgan fingerprint density at radius 3 is 2.89 bits per heavy atom. The van der Waals surface area contributed by atoms with Crippen molar-refractivity contribution in [2.24, 2.45) is 0 Å². The van der Waals surface area contributed by atoms with Crippen LogP contribution in [0.1, 0.15) is 10.4 Å². The zero-order valence-corrected chi connectivity index (χ0v) is 11.4. The lowest BCUT2D eigenvalue weighted by Gasteiger charge is -2.03. The average Bonchev–Trinajstić information content (AvgIpc) is 2.68. The standard InChI is InChI=1S/C11H13NO4S2/c1-18(15,16)8-11(14)12-7-10-9(3-2-5-13)4-6-17-10/h4,6,13H,5,7-8H2,1H3,(H,12,14). The van der Waals surface area contributed by atoms with Gasteiger partial charge in [-0.3, -0.25) is 4.79 Å². The Kier molecular flexibility index (Phi) is 5.34. The van der Waals surface area contributed by atoms with Gasteiger partial charge < -0.3 is 10.4 Å². The number of carbonyl (C=O) groups excluding carboxylic acids is 1. The molecule has 5 nitrogen and oxygen atoms in total. The Labute approximate surface area is 110 Å². The molecule has 0 saturated heterocycles. The van der Waals surface area contributed by atoms with Crippen LogP contribution in [0.5, 0.6) is 0 Å². The highest BCUT2D eigenvalue weighted by Crippen LogP contribution is 2.15. The van der Waals surface area contributed by atoms with Gasteiger partial charge >= 0.3 is 0 Å². The third-order valence-corrected chi connectivity index (χ3v) is 3.59. The van der Waals surface area contributed by atoms with Crippen molar-refractivity contribution in [2.45, 2.75) is 6.54 Å². The molecule has 0 bridgehead atoms. The van der Waals surface area contributed by atoms with Crippen LogP contribution < -0.4 is 5.32 Å². The van der Waals surface area contributed by atoms with Crippen molar-refractivity contribution in [3.05, 3.63) is 21.9 Å². The highest BCUT2D eigenvalue weighted by Gasteiger charge is 2.11. The number of aliphatic hydroxyl groups excluding tert-OH is 1. The monoisotopic (exact) mass is 287 g/mol. The Morgan fingerprint density at radius 1 is 1.56 bits per heavy atom. The van der Waals surface area contributed by atoms with Gasteiger partial charge in [0.1, 0.15) is 12.4 Å². The minimum atomic E-state index is -3.31. The fourth-order valence-corrected chi connectivity index (χ4v) is 2.54. The van der Waals surface area contributed by atoms with Crippen molar-refractivity contribution in [3.63, 3.8) is 0 Å². The first-order chi connectivity index (χ1) is 8.42. The molecule has 1 aromatic heterocycles. The summed E-state index contributed by atoms with van der Waals surface area (Å²) in [5.41, 5.74) is 0.730. The van der Waals surface area contributed by atoms with E-state index in [9.17, 15) is 13.2 Å². The van der Waals surface area contributed by atoms with Crippen molar-refractivity contribution in [2.75, 3.05) is 18.6 Å². The van der Waals surface area contributed by atoms with Crippen LogP contribution in [-0.2, 0) is 21.2 Å². The molecule has 0 aromatic carbocycles. The van der Waals surface area contributed by atoms with Gasteiger partial charge in [-0.15, -0.1) is 11.3 Å². The van der Waals surface area contributed by atoms with Gasteiger partial charge in [0.15, 0.2) is 9.84 Å². The van der Waals surface area contributed by atoms with Crippen LogP contribution in [0, 0.1) is 11.8 Å². The van der Waals surface area contributed by atoms with Crippen molar-refractivity contribution in [3.8, 4) is 11.8 Å². The Balaban J connectivity index is 2.59. The third kappa shape index (κ3) is 5.31. The van der Waals surface area contributed by atoms with Gasteiger partial charge in [-0.1, -0.05) is 11.8 Å². The predicted octanol–water partition coefficient (Wildman–Crippen LogP) is -0.247. The predicted molar refractivity (Wildman–Crippen MR) is 69.8 cm³/mol. The summed E-state index contributed by atoms with van der Waals surface area (Å²) in [5, 5.41) is 12.9. The third-order valence-electron chi connectivity index (χ3n) is 1.89. The largest absolute Gasteiger partial charge is 0.384 e. The minimum absolute atomic E-state index is 0.226. The van der Waals surface area contributed by atoms with E-state index >= 15 is 0 Å². The van der Waals surface area contributed by atoms with Gasteiger partial charge in [0.25, 0.3) is 0 Å². The van der Waals surface area contributed by atoms with Crippen molar-refractivity contribution in [1.82, 2.24) is 5.32 Å². The summed E-state index contributed by atoms with van der Waals surface area (Å²) in [5.74, 6) is 4.22. The molecular formula is C11H13NO4S2. The molecular weight excluding hydrogens is 274 g/mol. The smallest absolute Gasteiger partial charge is 0.235 e. The number of sulfone groups is 1. The molecule has 1 heterocycles. The SMILES string of the molecule is CS(=O)(=O)CC(=O)NCc1sccc1C#CCO. The average molecular weight is 287 g/mol. The number of rotatable bonds is 4. The number of carbonyl (C=O) groups is 1. The first-order valence-corrected chi connectivity index (χ1v) is 7.97. The topological polar surface area (TPSA) is 83.5 Å². The van der Waals surface area contributed by atoms with E-state index in [1.165, 1.54) is 11.3 Å². The van der Waals surface area contributed by atoms with E-state index in [-0.39, 0.29) is 13.2 Å². The number of amides is 1. The van der Waals surface area contributed by atoms with E-state index in [1.807, 2.05) is 5.38 Å². The molecule has 1 aromatic rings. The summed E-state index contributed by atoms with van der Waals surface area (Å²) in [6.07, 6.45) is 1.01. The van der Waals surface area contributed by atoms with Gasteiger partial charge in [0.05, 0.1) is 6.54 Å². The molecule has 2 N–H and O–H groups in total. The van der Waals surface area contributed by atoms with E-state index < -0.39 is 21.5 Å². The number of aliphatic hydroxyl groups is 1. The molecule has 0 spiro atoms. The quantitative estimate of drug-likeness (QED) is 0.748. The lowest BCUT2D eigenvalue weighted by atomic mass is 10.2. The molecule has 18 heavy (non-hydrogen) atoms. The fraction of sp³-hybridized carbons (Fsp3) is 0.364. The zero-order chi connectivity index (χ0) is 13.6. The Bertz CT molecular complexity index is 578. The van der Waals surface area contributed by atoms with Crippen LogP contribution in [0.4, 0.5) is 0 Å². The molecule has 0 radical (unpaired) electrons. The minimum Gasteiger partial charge on any atom is -0.384 e. The van der Waals surface area contributed by atoms with Crippen LogP contribution in [-0.4, -0.2) is 38.0 Å². The van der Waals surface area contributed by atoms with Crippen LogP contribution in [0.2, 0.25) is 0 Å². The molecule has 0 aliphatic rings. The molecule has 0 aliphatic carbocycles. The highest BCUT2D eigenvalue weighted by atomic mass is 32.2. The first kappa shape index (κ1) is 14.7. The normalized spacial score (nSPS) is 10.6. The number of thiophene rings is 1. The highest BCUT2D eigenvalue weighted by molar-refractivity contribution is 7.91. The number of nitrogens with one attached hydrogen (secondary N) is 1. The molecule has 1 rings (SSSR count). The van der Waals surface area contributed by atoms with Crippen molar-refractivity contribution in [1.29, 1.82) is 0 Å². The van der Waals surface area contributed by atoms with E-state index in [0.29, 0.717) is 0 Å². The van der Waals surface area contributed by atoms with E-state index in [0.717, 1.165) is 16.7 Å². The van der Waals surface area contributed by atoms with Crippen LogP contribution in [0.3, 0.4) is 0 Å². The van der Waals surface area contributed by atoms with Crippen LogP contribution in [0.25, 0.3) is 0 Å². The van der Waals surface area contributed by atoms with Gasteiger partial charge in [-0.25, -0.2) is 8.42 Å². The number of hydrogen-bond donors (Lipinski definition) is 2. The second kappa shape index (κ2) is 6.54. The maximum atomic E-state index is 11.3. The maximum absolute atomic E-state index is 11.3. The molecule has 0 atom stereocenters. The summed E-state index contributed by atoms with van der Waals surface area (Å²) >= 11 is 1.41. The molecule has 0 saturated carbocycles. The summed E-state index contributed by atoms with van der Waals surface area (Å²) in [6, 6.07) is 1.78. The van der Waals surface area contributed by atoms with Gasteiger partial charge in [-0.2, -0.15) is 0 Å². The molecule has 7 heteroatoms. The van der Waals surface area contributed by atoms with E-state index in [4.69, 9.17) is 5.11 Å². The summed E-state index contributed by atoms with van der Waals surface area (Å²) in [7, 11) is -3.31. The van der Waals surface area contributed by atoms with Crippen LogP contribution in [0.15, 0.2) is 11.4 Å². The molecule has 0 unspecified atom stereocenters. The molecule has 0 aliphatic heterocycles. The van der Waals surface area contributed by atoms with Gasteiger partial charge in [0, 0.05) is 16.7 Å². The fourth-order valence-electron chi connectivity index (χ4n) is 1.19. The first-order valence-electron chi connectivity index (χ1n) is 5.03. The van der Waals surface area contributed by atoms with E-state index in [2.05, 4.69) is 17.2 Å². The van der Waals surface area contributed by atoms with Crippen molar-refractivity contribution >= 4 is 27.1 Å². The second-order valence-electron chi connectivity index (χ2n) is 3.56. The summed E-state index contributed by atoms with van der Waals surface area (Å²) in [6.45, 7) is 0.0111. The Hall–Kier alpha value is -1.36. The summed E-state index contributed by atoms with van der Waals surface area (Å²) in [4.78, 5) is 12.1. The van der Waals surface area contributed by atoms with Crippen molar-refractivity contribution < 1.29 is 18.3 Å². The lowest BCUT2D eigenvalue weighted by Crippen LogP contribution is -2.29. The lowest BCUT2D eigenvalue weighted by molar-refractivity contribution is -0.118. The van der Waals surface area contributed by atoms with Gasteiger partial charge in [-0.05, 0) is 11.4 Å². The molecule has 1 amide bonds.